The number of furan rings is 1. The van der Waals surface area contributed by atoms with E-state index < -0.39 is 0 Å². The molecule has 1 aromatic carbocycles. The zero-order valence-electron chi connectivity index (χ0n) is 11.0. The van der Waals surface area contributed by atoms with Crippen LogP contribution in [0.5, 0.6) is 0 Å². The van der Waals surface area contributed by atoms with Crippen molar-refractivity contribution in [3.63, 3.8) is 0 Å². The molecule has 3 aromatic rings. The lowest BCUT2D eigenvalue weighted by atomic mass is 10.1. The van der Waals surface area contributed by atoms with Gasteiger partial charge in [-0.2, -0.15) is 0 Å². The fourth-order valence-corrected chi connectivity index (χ4v) is 1.96. The first-order chi connectivity index (χ1) is 9.74. The smallest absolute Gasteiger partial charge is 0.149 e. The fraction of sp³-hybridized carbons (Fsp3) is 0.133. The van der Waals surface area contributed by atoms with Gasteiger partial charge < -0.3 is 9.73 Å². The zero-order valence-corrected chi connectivity index (χ0v) is 11.0. The highest BCUT2D eigenvalue weighted by Crippen LogP contribution is 2.28. The van der Waals surface area contributed by atoms with Crippen molar-refractivity contribution in [3.8, 4) is 11.3 Å². The molecule has 2 heterocycles. The maximum absolute atomic E-state index is 10.9. The summed E-state index contributed by atoms with van der Waals surface area (Å²) in [5.41, 5.74) is 2.47. The van der Waals surface area contributed by atoms with E-state index in [9.17, 15) is 4.79 Å². The van der Waals surface area contributed by atoms with Gasteiger partial charge in [0.25, 0.3) is 0 Å². The molecule has 2 aromatic heterocycles. The molecular weight excluding hydrogens is 254 g/mol. The highest BCUT2D eigenvalue weighted by molar-refractivity contribution is 5.92. The number of fused-ring (bicyclic) bond motifs is 1. The highest BCUT2D eigenvalue weighted by atomic mass is 16.3. The van der Waals surface area contributed by atoms with Gasteiger partial charge in [-0.1, -0.05) is 18.2 Å². The second-order valence-corrected chi connectivity index (χ2v) is 4.50. The number of para-hydroxylation sites is 1. The predicted molar refractivity (Wildman–Crippen MR) is 76.4 cm³/mol. The number of benzene rings is 1. The Bertz CT molecular complexity index is 747. The molecule has 0 saturated carbocycles. The lowest BCUT2D eigenvalue weighted by molar-refractivity contribution is -0.115. The minimum Gasteiger partial charge on any atom is -0.464 e. The molecule has 5 nitrogen and oxygen atoms in total. The number of hydrogen-bond donors (Lipinski definition) is 1. The van der Waals surface area contributed by atoms with Crippen LogP contribution in [0.25, 0.3) is 22.2 Å². The summed E-state index contributed by atoms with van der Waals surface area (Å²) < 4.78 is 5.48. The third kappa shape index (κ3) is 2.38. The number of nitrogens with zero attached hydrogens (tertiary/aromatic N) is 2. The first-order valence-corrected chi connectivity index (χ1v) is 6.27. The van der Waals surface area contributed by atoms with Gasteiger partial charge in [-0.05, 0) is 25.1 Å². The molecule has 0 saturated heterocycles. The summed E-state index contributed by atoms with van der Waals surface area (Å²) >= 11 is 0. The van der Waals surface area contributed by atoms with Gasteiger partial charge in [-0.3, -0.25) is 4.79 Å². The predicted octanol–water partition coefficient (Wildman–Crippen LogP) is 2.89. The van der Waals surface area contributed by atoms with Crippen LogP contribution in [0.4, 0.5) is 5.82 Å². The van der Waals surface area contributed by atoms with Crippen molar-refractivity contribution < 1.29 is 9.21 Å². The number of ketones is 1. The molecule has 0 radical (unpaired) electrons. The fourth-order valence-electron chi connectivity index (χ4n) is 1.96. The molecular formula is C15H13N3O2. The average molecular weight is 267 g/mol. The lowest BCUT2D eigenvalue weighted by Gasteiger charge is -2.02. The summed E-state index contributed by atoms with van der Waals surface area (Å²) in [6, 6.07) is 11.4. The summed E-state index contributed by atoms with van der Waals surface area (Å²) in [5, 5.41) is 12.1. The topological polar surface area (TPSA) is 68.0 Å². The number of Topliss-reactive ketones (excluding diaryl/α,β-unsaturated/α-hetero) is 1. The summed E-state index contributed by atoms with van der Waals surface area (Å²) in [5.74, 6) is 0.633. The SMILES string of the molecule is CC(=O)CNc1ccc(-c2coc3ccccc23)nn1. The largest absolute Gasteiger partial charge is 0.464 e. The standard InChI is InChI=1S/C15H13N3O2/c1-10(19)8-16-15-7-6-13(17-18-15)12-9-20-14-5-3-2-4-11(12)14/h2-7,9H,8H2,1H3,(H,16,18). The Morgan fingerprint density at radius 2 is 2.05 bits per heavy atom. The number of aromatic nitrogens is 2. The van der Waals surface area contributed by atoms with Crippen molar-refractivity contribution in [2.24, 2.45) is 0 Å². The maximum Gasteiger partial charge on any atom is 0.149 e. The zero-order chi connectivity index (χ0) is 13.9. The van der Waals surface area contributed by atoms with E-state index in [1.54, 1.807) is 12.3 Å². The molecule has 100 valence electrons. The van der Waals surface area contributed by atoms with E-state index in [0.29, 0.717) is 5.82 Å². The maximum atomic E-state index is 10.9. The van der Waals surface area contributed by atoms with E-state index in [4.69, 9.17) is 4.42 Å². The molecule has 0 aliphatic heterocycles. The van der Waals surface area contributed by atoms with E-state index >= 15 is 0 Å². The molecule has 0 atom stereocenters. The van der Waals surface area contributed by atoms with Crippen molar-refractivity contribution in [1.82, 2.24) is 10.2 Å². The van der Waals surface area contributed by atoms with Gasteiger partial charge in [0, 0.05) is 10.9 Å². The summed E-state index contributed by atoms with van der Waals surface area (Å²) in [4.78, 5) is 10.9. The Morgan fingerprint density at radius 3 is 2.80 bits per heavy atom. The van der Waals surface area contributed by atoms with E-state index in [-0.39, 0.29) is 12.3 Å². The number of nitrogens with one attached hydrogen (secondary N) is 1. The van der Waals surface area contributed by atoms with Crippen LogP contribution in [0.3, 0.4) is 0 Å². The molecule has 0 aliphatic rings. The molecule has 1 N–H and O–H groups in total. The van der Waals surface area contributed by atoms with Gasteiger partial charge in [0.15, 0.2) is 0 Å². The van der Waals surface area contributed by atoms with Gasteiger partial charge in [-0.25, -0.2) is 0 Å². The van der Waals surface area contributed by atoms with Crippen LogP contribution in [0.15, 0.2) is 47.1 Å². The minimum atomic E-state index is 0.0525. The Morgan fingerprint density at radius 1 is 1.20 bits per heavy atom. The average Bonchev–Trinajstić information content (AvgIpc) is 2.89. The van der Waals surface area contributed by atoms with Gasteiger partial charge >= 0.3 is 0 Å². The Kier molecular flexibility index (Phi) is 3.16. The molecule has 0 bridgehead atoms. The number of hydrogen-bond acceptors (Lipinski definition) is 5. The van der Waals surface area contributed by atoms with Gasteiger partial charge in [0.2, 0.25) is 0 Å². The van der Waals surface area contributed by atoms with Crippen LogP contribution in [-0.2, 0) is 4.79 Å². The van der Waals surface area contributed by atoms with Crippen molar-refractivity contribution in [3.05, 3.63) is 42.7 Å². The molecule has 20 heavy (non-hydrogen) atoms. The number of rotatable bonds is 4. The van der Waals surface area contributed by atoms with Crippen molar-refractivity contribution in [1.29, 1.82) is 0 Å². The molecule has 0 unspecified atom stereocenters. The highest BCUT2D eigenvalue weighted by Gasteiger charge is 2.09. The molecule has 0 aliphatic carbocycles. The number of anilines is 1. The van der Waals surface area contributed by atoms with E-state index in [1.807, 2.05) is 30.3 Å². The van der Waals surface area contributed by atoms with Crippen LogP contribution in [0.1, 0.15) is 6.92 Å². The van der Waals surface area contributed by atoms with Crippen molar-refractivity contribution in [2.75, 3.05) is 11.9 Å². The van der Waals surface area contributed by atoms with Crippen LogP contribution in [0, 0.1) is 0 Å². The van der Waals surface area contributed by atoms with Crippen molar-refractivity contribution >= 4 is 22.6 Å². The van der Waals surface area contributed by atoms with E-state index in [2.05, 4.69) is 15.5 Å². The molecule has 0 spiro atoms. The second-order valence-electron chi connectivity index (χ2n) is 4.50. The van der Waals surface area contributed by atoms with Gasteiger partial charge in [0.1, 0.15) is 23.4 Å². The lowest BCUT2D eigenvalue weighted by Crippen LogP contribution is -2.11. The molecule has 0 amide bonds. The van der Waals surface area contributed by atoms with E-state index in [1.165, 1.54) is 6.92 Å². The Hall–Kier alpha value is -2.69. The quantitative estimate of drug-likeness (QED) is 0.787. The monoisotopic (exact) mass is 267 g/mol. The molecule has 5 heteroatoms. The van der Waals surface area contributed by atoms with Gasteiger partial charge in [0.05, 0.1) is 12.2 Å². The normalized spacial score (nSPS) is 10.7. The van der Waals surface area contributed by atoms with Crippen molar-refractivity contribution in [2.45, 2.75) is 6.92 Å². The van der Waals surface area contributed by atoms with Crippen LogP contribution >= 0.6 is 0 Å². The van der Waals surface area contributed by atoms with Gasteiger partial charge in [-0.15, -0.1) is 10.2 Å². The van der Waals surface area contributed by atoms with E-state index in [0.717, 1.165) is 22.2 Å². The number of carbonyl (C=O) groups is 1. The van der Waals surface area contributed by atoms with Crippen LogP contribution < -0.4 is 5.32 Å². The summed E-state index contributed by atoms with van der Waals surface area (Å²) in [7, 11) is 0. The third-order valence-corrected chi connectivity index (χ3v) is 2.94. The summed E-state index contributed by atoms with van der Waals surface area (Å²) in [6.07, 6.45) is 1.68. The minimum absolute atomic E-state index is 0.0525. The summed E-state index contributed by atoms with van der Waals surface area (Å²) in [6.45, 7) is 1.77. The second kappa shape index (κ2) is 5.13. The Balaban J connectivity index is 1.89. The first-order valence-electron chi connectivity index (χ1n) is 6.27. The molecule has 0 fully saturated rings. The third-order valence-electron chi connectivity index (χ3n) is 2.94. The Labute approximate surface area is 115 Å². The van der Waals surface area contributed by atoms with Crippen LogP contribution in [-0.4, -0.2) is 22.5 Å². The molecule has 3 rings (SSSR count). The number of carbonyl (C=O) groups excluding carboxylic acids is 1. The van der Waals surface area contributed by atoms with Crippen LogP contribution in [0.2, 0.25) is 0 Å². The first kappa shape index (κ1) is 12.3.